The number of pyridine rings is 1. The minimum absolute atomic E-state index is 0.0333. The predicted molar refractivity (Wildman–Crippen MR) is 109 cm³/mol. The number of carbonyl (C=O) groups excluding carboxylic acids is 1. The van der Waals surface area contributed by atoms with Gasteiger partial charge in [0.05, 0.1) is 18.7 Å². The van der Waals surface area contributed by atoms with E-state index in [1.165, 1.54) is 11.1 Å². The van der Waals surface area contributed by atoms with Gasteiger partial charge in [-0.25, -0.2) is 0 Å². The summed E-state index contributed by atoms with van der Waals surface area (Å²) < 4.78 is 11.2. The number of fused-ring (bicyclic) bond motifs is 2. The molecule has 2 aromatic carbocycles. The molecular weight excluding hydrogens is 352 g/mol. The predicted octanol–water partition coefficient (Wildman–Crippen LogP) is 4.12. The summed E-state index contributed by atoms with van der Waals surface area (Å²) in [7, 11) is 1.62. The summed E-state index contributed by atoms with van der Waals surface area (Å²) in [5.41, 5.74) is 4.20. The smallest absolute Gasteiger partial charge is 0.258 e. The van der Waals surface area contributed by atoms with Crippen LogP contribution in [0.25, 0.3) is 10.9 Å². The molecule has 1 N–H and O–H groups in total. The molecule has 0 aliphatic heterocycles. The van der Waals surface area contributed by atoms with Crippen molar-refractivity contribution in [1.82, 2.24) is 10.3 Å². The maximum atomic E-state index is 12.6. The van der Waals surface area contributed by atoms with Crippen molar-refractivity contribution in [3.63, 3.8) is 0 Å². The van der Waals surface area contributed by atoms with Crippen LogP contribution in [0.15, 0.2) is 48.5 Å². The highest BCUT2D eigenvalue weighted by Gasteiger charge is 2.21. The number of benzene rings is 2. The molecule has 0 fully saturated rings. The van der Waals surface area contributed by atoms with Gasteiger partial charge in [-0.1, -0.05) is 24.3 Å². The molecule has 4 rings (SSSR count). The molecule has 1 heterocycles. The van der Waals surface area contributed by atoms with Gasteiger partial charge in [0.15, 0.2) is 6.61 Å². The van der Waals surface area contributed by atoms with Crippen LogP contribution in [0.1, 0.15) is 35.7 Å². The van der Waals surface area contributed by atoms with E-state index in [4.69, 9.17) is 9.47 Å². The first-order valence-electron chi connectivity index (χ1n) is 9.59. The Balaban J connectivity index is 1.48. The van der Waals surface area contributed by atoms with E-state index >= 15 is 0 Å². The van der Waals surface area contributed by atoms with Gasteiger partial charge in [-0.05, 0) is 55.5 Å². The van der Waals surface area contributed by atoms with Gasteiger partial charge in [0, 0.05) is 17.1 Å². The highest BCUT2D eigenvalue weighted by Crippen LogP contribution is 2.30. The van der Waals surface area contributed by atoms with Crippen LogP contribution < -0.4 is 14.8 Å². The summed E-state index contributed by atoms with van der Waals surface area (Å²) in [6.07, 6.45) is 3.11. The van der Waals surface area contributed by atoms with E-state index in [-0.39, 0.29) is 18.6 Å². The lowest BCUT2D eigenvalue weighted by atomic mass is 9.88. The van der Waals surface area contributed by atoms with Gasteiger partial charge in [0.1, 0.15) is 11.5 Å². The maximum Gasteiger partial charge on any atom is 0.258 e. The van der Waals surface area contributed by atoms with Crippen LogP contribution in [0.4, 0.5) is 0 Å². The van der Waals surface area contributed by atoms with Gasteiger partial charge in [-0.3, -0.25) is 9.78 Å². The number of methoxy groups -OCH3 is 1. The number of amides is 1. The van der Waals surface area contributed by atoms with E-state index in [0.29, 0.717) is 5.75 Å². The summed E-state index contributed by atoms with van der Waals surface area (Å²) in [5, 5.41) is 3.96. The zero-order chi connectivity index (χ0) is 19.5. The van der Waals surface area contributed by atoms with Crippen molar-refractivity contribution in [2.45, 2.75) is 32.2 Å². The summed E-state index contributed by atoms with van der Waals surface area (Å²) >= 11 is 0. The first kappa shape index (κ1) is 18.3. The lowest BCUT2D eigenvalue weighted by molar-refractivity contribution is -0.123. The average molecular weight is 376 g/mol. The molecule has 0 spiro atoms. The van der Waals surface area contributed by atoms with E-state index < -0.39 is 0 Å². The number of ether oxygens (including phenoxy) is 2. The molecule has 1 aliphatic rings. The van der Waals surface area contributed by atoms with Crippen molar-refractivity contribution >= 4 is 16.8 Å². The fourth-order valence-corrected chi connectivity index (χ4v) is 3.83. The third-order valence-electron chi connectivity index (χ3n) is 5.17. The second-order valence-corrected chi connectivity index (χ2v) is 7.14. The molecule has 1 aromatic heterocycles. The molecular formula is C23H24N2O3. The molecule has 0 saturated carbocycles. The monoisotopic (exact) mass is 376 g/mol. The summed E-state index contributed by atoms with van der Waals surface area (Å²) in [4.78, 5) is 17.1. The minimum atomic E-state index is -0.118. The Hall–Kier alpha value is -3.08. The van der Waals surface area contributed by atoms with Crippen LogP contribution in [0.3, 0.4) is 0 Å². The molecule has 5 nitrogen and oxygen atoms in total. The van der Waals surface area contributed by atoms with E-state index in [9.17, 15) is 4.79 Å². The highest BCUT2D eigenvalue weighted by atomic mass is 16.5. The quantitative estimate of drug-likeness (QED) is 0.728. The number of nitrogens with zero attached hydrogens (tertiary/aromatic N) is 1. The zero-order valence-corrected chi connectivity index (χ0v) is 16.2. The fraction of sp³-hybridized carbons (Fsp3) is 0.304. The van der Waals surface area contributed by atoms with Crippen molar-refractivity contribution in [3.8, 4) is 11.5 Å². The Morgan fingerprint density at radius 2 is 2.07 bits per heavy atom. The first-order chi connectivity index (χ1) is 13.6. The van der Waals surface area contributed by atoms with Gasteiger partial charge < -0.3 is 14.8 Å². The largest absolute Gasteiger partial charge is 0.497 e. The summed E-state index contributed by atoms with van der Waals surface area (Å²) in [6.45, 7) is 1.88. The molecule has 0 saturated heterocycles. The first-order valence-corrected chi connectivity index (χ1v) is 9.59. The molecule has 1 amide bonds. The Labute approximate surface area is 164 Å². The Bertz CT molecular complexity index is 1020. The van der Waals surface area contributed by atoms with Crippen molar-refractivity contribution in [2.75, 3.05) is 13.7 Å². The number of aryl methyl sites for hydroxylation is 2. The Morgan fingerprint density at radius 1 is 1.21 bits per heavy atom. The average Bonchev–Trinajstić information content (AvgIpc) is 2.72. The topological polar surface area (TPSA) is 60.5 Å². The highest BCUT2D eigenvalue weighted by molar-refractivity contribution is 5.87. The van der Waals surface area contributed by atoms with Gasteiger partial charge in [-0.2, -0.15) is 0 Å². The van der Waals surface area contributed by atoms with Crippen LogP contribution in [0.5, 0.6) is 11.5 Å². The zero-order valence-electron chi connectivity index (χ0n) is 16.2. The molecule has 144 valence electrons. The van der Waals surface area contributed by atoms with Gasteiger partial charge in [0.25, 0.3) is 5.91 Å². The van der Waals surface area contributed by atoms with Crippen molar-refractivity contribution < 1.29 is 14.3 Å². The molecule has 3 aromatic rings. The molecule has 1 aliphatic carbocycles. The number of hydrogen-bond donors (Lipinski definition) is 1. The molecule has 0 unspecified atom stereocenters. The molecule has 28 heavy (non-hydrogen) atoms. The van der Waals surface area contributed by atoms with E-state index in [0.717, 1.165) is 41.6 Å². The number of aromatic nitrogens is 1. The van der Waals surface area contributed by atoms with Crippen LogP contribution in [-0.4, -0.2) is 24.6 Å². The Morgan fingerprint density at radius 3 is 2.93 bits per heavy atom. The Kier molecular flexibility index (Phi) is 5.15. The second-order valence-electron chi connectivity index (χ2n) is 7.14. The lowest BCUT2D eigenvalue weighted by Gasteiger charge is -2.26. The number of nitrogens with one attached hydrogen (secondary N) is 1. The number of rotatable bonds is 5. The summed E-state index contributed by atoms with van der Waals surface area (Å²) in [6, 6.07) is 15.9. The normalized spacial score (nSPS) is 15.7. The van der Waals surface area contributed by atoms with Crippen LogP contribution >= 0.6 is 0 Å². The molecule has 5 heteroatoms. The van der Waals surface area contributed by atoms with Crippen molar-refractivity contribution in [3.05, 3.63) is 65.4 Å². The summed E-state index contributed by atoms with van der Waals surface area (Å²) in [5.74, 6) is 1.25. The SMILES string of the molecule is COc1ccc2nc(C)cc(OCC(=O)N[C@H]3CCCc4ccccc43)c2c1. The molecule has 0 radical (unpaired) electrons. The van der Waals surface area contributed by atoms with Gasteiger partial charge in [0.2, 0.25) is 0 Å². The molecule has 0 bridgehead atoms. The van der Waals surface area contributed by atoms with Crippen LogP contribution in [0.2, 0.25) is 0 Å². The van der Waals surface area contributed by atoms with Crippen LogP contribution in [-0.2, 0) is 11.2 Å². The molecule has 1 atom stereocenters. The second kappa shape index (κ2) is 7.89. The maximum absolute atomic E-state index is 12.6. The lowest BCUT2D eigenvalue weighted by Crippen LogP contribution is -2.34. The standard InChI is InChI=1S/C23H24N2O3/c1-15-12-22(19-13-17(27-2)10-11-21(19)24-15)28-14-23(26)25-20-9-5-7-16-6-3-4-8-18(16)20/h3-4,6,8,10-13,20H,5,7,9,14H2,1-2H3,(H,25,26)/t20-/m0/s1. The third-order valence-corrected chi connectivity index (χ3v) is 5.17. The van der Waals surface area contributed by atoms with Crippen LogP contribution in [0, 0.1) is 6.92 Å². The number of carbonyl (C=O) groups is 1. The van der Waals surface area contributed by atoms with E-state index in [1.54, 1.807) is 7.11 Å². The van der Waals surface area contributed by atoms with Gasteiger partial charge >= 0.3 is 0 Å². The van der Waals surface area contributed by atoms with Crippen molar-refractivity contribution in [2.24, 2.45) is 0 Å². The van der Waals surface area contributed by atoms with E-state index in [2.05, 4.69) is 28.5 Å². The third kappa shape index (κ3) is 3.79. The minimum Gasteiger partial charge on any atom is -0.497 e. The number of hydrogen-bond acceptors (Lipinski definition) is 4. The fourth-order valence-electron chi connectivity index (χ4n) is 3.83. The van der Waals surface area contributed by atoms with Crippen molar-refractivity contribution in [1.29, 1.82) is 0 Å². The van der Waals surface area contributed by atoms with Gasteiger partial charge in [-0.15, -0.1) is 0 Å². The van der Waals surface area contributed by atoms with E-state index in [1.807, 2.05) is 37.3 Å².